The molecule has 0 unspecified atom stereocenters. The predicted octanol–water partition coefficient (Wildman–Crippen LogP) is 6.27. The Kier molecular flexibility index (Phi) is 7.22. The lowest BCUT2D eigenvalue weighted by Gasteiger charge is -2.30. The summed E-state index contributed by atoms with van der Waals surface area (Å²) in [6.45, 7) is 0.641. The SMILES string of the molecule is COc1ccc([C@H]2CNC(=O)[C@@H](Cc3cccc(Oc4ccccc4)c3)C2)cc1OC1CCCC1. The van der Waals surface area contributed by atoms with Crippen molar-refractivity contribution in [1.29, 1.82) is 0 Å². The van der Waals surface area contributed by atoms with Gasteiger partial charge in [0.15, 0.2) is 11.5 Å². The third-order valence-corrected chi connectivity index (χ3v) is 7.08. The van der Waals surface area contributed by atoms with E-state index in [9.17, 15) is 4.79 Å². The summed E-state index contributed by atoms with van der Waals surface area (Å²) in [5.41, 5.74) is 2.28. The molecule has 3 aromatic carbocycles. The van der Waals surface area contributed by atoms with Crippen LogP contribution < -0.4 is 19.5 Å². The quantitative estimate of drug-likeness (QED) is 0.421. The summed E-state index contributed by atoms with van der Waals surface area (Å²) in [5.74, 6) is 3.43. The molecule has 5 heteroatoms. The number of hydrogen-bond donors (Lipinski definition) is 1. The molecule has 1 aliphatic carbocycles. The third-order valence-electron chi connectivity index (χ3n) is 7.08. The highest BCUT2D eigenvalue weighted by molar-refractivity contribution is 5.80. The van der Waals surface area contributed by atoms with Crippen LogP contribution in [0.15, 0.2) is 72.8 Å². The maximum Gasteiger partial charge on any atom is 0.223 e. The molecule has 1 heterocycles. The molecule has 0 spiro atoms. The van der Waals surface area contributed by atoms with Gasteiger partial charge in [-0.1, -0.05) is 36.4 Å². The number of amides is 1. The number of rotatable bonds is 8. The van der Waals surface area contributed by atoms with Gasteiger partial charge in [0.1, 0.15) is 11.5 Å². The molecule has 35 heavy (non-hydrogen) atoms. The molecule has 2 fully saturated rings. The van der Waals surface area contributed by atoms with Crippen molar-refractivity contribution in [2.75, 3.05) is 13.7 Å². The molecule has 5 rings (SSSR count). The average Bonchev–Trinajstić information content (AvgIpc) is 3.39. The molecule has 2 aliphatic rings. The number of carbonyl (C=O) groups is 1. The summed E-state index contributed by atoms with van der Waals surface area (Å²) in [7, 11) is 1.68. The van der Waals surface area contributed by atoms with Crippen molar-refractivity contribution in [3.8, 4) is 23.0 Å². The fraction of sp³-hybridized carbons (Fsp3) is 0.367. The zero-order valence-electron chi connectivity index (χ0n) is 20.2. The molecule has 0 aromatic heterocycles. The van der Waals surface area contributed by atoms with E-state index in [0.29, 0.717) is 13.0 Å². The smallest absolute Gasteiger partial charge is 0.223 e. The standard InChI is InChI=1S/C30H33NO4/c1-33-28-15-14-22(19-29(28)35-26-11-5-6-12-26)24-18-23(30(32)31-20-24)16-21-8-7-13-27(17-21)34-25-9-3-2-4-10-25/h2-4,7-10,13-15,17,19,23-24,26H,5-6,11-12,16,18,20H2,1H3,(H,31,32)/t23-,24+/m0/s1. The highest BCUT2D eigenvalue weighted by atomic mass is 16.5. The van der Waals surface area contributed by atoms with Crippen molar-refractivity contribution in [3.63, 3.8) is 0 Å². The van der Waals surface area contributed by atoms with Crippen LogP contribution in [0.2, 0.25) is 0 Å². The van der Waals surface area contributed by atoms with Crippen molar-refractivity contribution < 1.29 is 19.0 Å². The first-order chi connectivity index (χ1) is 17.2. The summed E-state index contributed by atoms with van der Waals surface area (Å²) >= 11 is 0. The molecule has 3 aromatic rings. The van der Waals surface area contributed by atoms with Gasteiger partial charge in [-0.05, 0) is 86.1 Å². The monoisotopic (exact) mass is 471 g/mol. The second kappa shape index (κ2) is 10.9. The van der Waals surface area contributed by atoms with Gasteiger partial charge in [0, 0.05) is 18.4 Å². The van der Waals surface area contributed by atoms with E-state index >= 15 is 0 Å². The minimum atomic E-state index is -0.0953. The predicted molar refractivity (Wildman–Crippen MR) is 136 cm³/mol. The Hall–Kier alpha value is -3.47. The van der Waals surface area contributed by atoms with Crippen molar-refractivity contribution in [2.45, 2.75) is 50.5 Å². The molecule has 1 N–H and O–H groups in total. The first kappa shape index (κ1) is 23.3. The summed E-state index contributed by atoms with van der Waals surface area (Å²) in [6, 6.07) is 24.0. The molecule has 5 nitrogen and oxygen atoms in total. The summed E-state index contributed by atoms with van der Waals surface area (Å²) in [5, 5.41) is 3.13. The van der Waals surface area contributed by atoms with E-state index in [1.165, 1.54) is 18.4 Å². The van der Waals surface area contributed by atoms with E-state index in [2.05, 4.69) is 23.5 Å². The number of ether oxygens (including phenoxy) is 3. The Labute approximate surface area is 207 Å². The minimum Gasteiger partial charge on any atom is -0.493 e. The number of carbonyl (C=O) groups excluding carboxylic acids is 1. The normalized spacial score (nSPS) is 20.3. The number of methoxy groups -OCH3 is 1. The van der Waals surface area contributed by atoms with Crippen molar-refractivity contribution in [2.24, 2.45) is 5.92 Å². The van der Waals surface area contributed by atoms with Crippen LogP contribution in [0.1, 0.15) is 49.1 Å². The lowest BCUT2D eigenvalue weighted by atomic mass is 9.82. The summed E-state index contributed by atoms with van der Waals surface area (Å²) < 4.78 is 17.9. The van der Waals surface area contributed by atoms with Gasteiger partial charge in [0.05, 0.1) is 13.2 Å². The molecule has 1 saturated carbocycles. The van der Waals surface area contributed by atoms with Gasteiger partial charge in [0.2, 0.25) is 5.91 Å². The summed E-state index contributed by atoms with van der Waals surface area (Å²) in [6.07, 6.45) is 6.38. The number of hydrogen-bond acceptors (Lipinski definition) is 4. The minimum absolute atomic E-state index is 0.0953. The fourth-order valence-corrected chi connectivity index (χ4v) is 5.20. The van der Waals surface area contributed by atoms with Gasteiger partial charge in [-0.25, -0.2) is 0 Å². The molecule has 0 bridgehead atoms. The second-order valence-electron chi connectivity index (χ2n) is 9.58. The Bertz CT molecular complexity index is 1140. The highest BCUT2D eigenvalue weighted by Crippen LogP contribution is 2.37. The van der Waals surface area contributed by atoms with Gasteiger partial charge in [-0.2, -0.15) is 0 Å². The number of nitrogens with one attached hydrogen (secondary N) is 1. The van der Waals surface area contributed by atoms with E-state index in [1.807, 2.05) is 54.6 Å². The molecular weight excluding hydrogens is 438 g/mol. The fourth-order valence-electron chi connectivity index (χ4n) is 5.20. The van der Waals surface area contributed by atoms with Crippen LogP contribution in [0.25, 0.3) is 0 Å². The number of piperidine rings is 1. The third kappa shape index (κ3) is 5.79. The first-order valence-corrected chi connectivity index (χ1v) is 12.6. The Morgan fingerprint density at radius 3 is 2.49 bits per heavy atom. The Morgan fingerprint density at radius 2 is 1.69 bits per heavy atom. The van der Waals surface area contributed by atoms with Crippen LogP contribution in [-0.2, 0) is 11.2 Å². The van der Waals surface area contributed by atoms with Crippen LogP contribution in [0, 0.1) is 5.92 Å². The largest absolute Gasteiger partial charge is 0.493 e. The van der Waals surface area contributed by atoms with Crippen LogP contribution in [0.3, 0.4) is 0 Å². The van der Waals surface area contributed by atoms with E-state index in [1.54, 1.807) is 7.11 Å². The van der Waals surface area contributed by atoms with E-state index in [4.69, 9.17) is 14.2 Å². The van der Waals surface area contributed by atoms with Crippen LogP contribution in [-0.4, -0.2) is 25.7 Å². The second-order valence-corrected chi connectivity index (χ2v) is 9.58. The molecule has 182 valence electrons. The Balaban J connectivity index is 1.28. The van der Waals surface area contributed by atoms with Crippen LogP contribution in [0.5, 0.6) is 23.0 Å². The Morgan fingerprint density at radius 1 is 0.886 bits per heavy atom. The summed E-state index contributed by atoms with van der Waals surface area (Å²) in [4.78, 5) is 12.8. The lowest BCUT2D eigenvalue weighted by molar-refractivity contribution is -0.126. The molecule has 2 atom stereocenters. The molecule has 1 aliphatic heterocycles. The van der Waals surface area contributed by atoms with Gasteiger partial charge < -0.3 is 19.5 Å². The average molecular weight is 472 g/mol. The zero-order chi connectivity index (χ0) is 24.0. The molecular formula is C30H33NO4. The number of benzene rings is 3. The lowest BCUT2D eigenvalue weighted by Crippen LogP contribution is -2.41. The van der Waals surface area contributed by atoms with Crippen molar-refractivity contribution in [1.82, 2.24) is 5.32 Å². The van der Waals surface area contributed by atoms with Crippen LogP contribution in [0.4, 0.5) is 0 Å². The van der Waals surface area contributed by atoms with E-state index in [-0.39, 0.29) is 23.8 Å². The van der Waals surface area contributed by atoms with Gasteiger partial charge in [-0.15, -0.1) is 0 Å². The maximum atomic E-state index is 12.8. The van der Waals surface area contributed by atoms with Gasteiger partial charge in [-0.3, -0.25) is 4.79 Å². The van der Waals surface area contributed by atoms with Gasteiger partial charge >= 0.3 is 0 Å². The molecule has 1 saturated heterocycles. The van der Waals surface area contributed by atoms with Crippen LogP contribution >= 0.6 is 0 Å². The van der Waals surface area contributed by atoms with E-state index < -0.39 is 0 Å². The first-order valence-electron chi connectivity index (χ1n) is 12.6. The molecule has 0 radical (unpaired) electrons. The number of para-hydroxylation sites is 1. The van der Waals surface area contributed by atoms with Gasteiger partial charge in [0.25, 0.3) is 0 Å². The zero-order valence-corrected chi connectivity index (χ0v) is 20.2. The highest BCUT2D eigenvalue weighted by Gasteiger charge is 2.30. The van der Waals surface area contributed by atoms with E-state index in [0.717, 1.165) is 47.8 Å². The topological polar surface area (TPSA) is 56.8 Å². The molecule has 1 amide bonds. The maximum absolute atomic E-state index is 12.8. The van der Waals surface area contributed by atoms with Crippen molar-refractivity contribution >= 4 is 5.91 Å². The van der Waals surface area contributed by atoms with Crippen molar-refractivity contribution in [3.05, 3.63) is 83.9 Å².